The van der Waals surface area contributed by atoms with Gasteiger partial charge in [0.2, 0.25) is 21.8 Å². The fourth-order valence-corrected chi connectivity index (χ4v) is 3.20. The van der Waals surface area contributed by atoms with E-state index in [1.165, 1.54) is 26.2 Å². The maximum absolute atomic E-state index is 12.3. The Morgan fingerprint density at radius 1 is 1.04 bits per heavy atom. The van der Waals surface area contributed by atoms with Crippen molar-refractivity contribution in [1.82, 2.24) is 0 Å². The number of rotatable bonds is 7. The Morgan fingerprint density at radius 2 is 1.70 bits per heavy atom. The van der Waals surface area contributed by atoms with Crippen LogP contribution in [0.2, 0.25) is 0 Å². The van der Waals surface area contributed by atoms with Gasteiger partial charge in [0.1, 0.15) is 12.3 Å². The summed E-state index contributed by atoms with van der Waals surface area (Å²) in [5.74, 6) is -0.165. The van der Waals surface area contributed by atoms with E-state index >= 15 is 0 Å². The van der Waals surface area contributed by atoms with E-state index < -0.39 is 22.5 Å². The standard InChI is InChI=1S/C18H21N3O5S/c1-13(22)19-14-7-9-16(10-8-14)21(27(3,24)25)12-18(23)20-15-5-4-6-17(11-15)26-2/h4-11H,12H2,1-3H3,(H,19,22)(H,20,23). The number of anilines is 3. The third-order valence-corrected chi connectivity index (χ3v) is 4.66. The first kappa shape index (κ1) is 20.2. The van der Waals surface area contributed by atoms with Crippen molar-refractivity contribution in [3.8, 4) is 5.75 Å². The van der Waals surface area contributed by atoms with Crippen LogP contribution < -0.4 is 19.7 Å². The number of benzene rings is 2. The van der Waals surface area contributed by atoms with Crippen LogP contribution in [0.1, 0.15) is 6.92 Å². The molecular weight excluding hydrogens is 370 g/mol. The molecule has 144 valence electrons. The first-order chi connectivity index (χ1) is 12.7. The molecule has 2 rings (SSSR count). The Morgan fingerprint density at radius 3 is 2.26 bits per heavy atom. The van der Waals surface area contributed by atoms with E-state index in [1.807, 2.05) is 0 Å². The van der Waals surface area contributed by atoms with E-state index in [2.05, 4.69) is 10.6 Å². The van der Waals surface area contributed by atoms with Gasteiger partial charge in [0.05, 0.1) is 19.1 Å². The Balaban J connectivity index is 2.16. The van der Waals surface area contributed by atoms with Gasteiger partial charge in [-0.1, -0.05) is 6.07 Å². The maximum atomic E-state index is 12.3. The van der Waals surface area contributed by atoms with Crippen molar-refractivity contribution in [2.75, 3.05) is 34.8 Å². The van der Waals surface area contributed by atoms with Crippen LogP contribution in [0, 0.1) is 0 Å². The van der Waals surface area contributed by atoms with Crippen molar-refractivity contribution in [3.63, 3.8) is 0 Å². The zero-order valence-corrected chi connectivity index (χ0v) is 16.0. The smallest absolute Gasteiger partial charge is 0.245 e. The number of amides is 2. The van der Waals surface area contributed by atoms with E-state index in [1.54, 1.807) is 36.4 Å². The van der Waals surface area contributed by atoms with Crippen molar-refractivity contribution in [1.29, 1.82) is 0 Å². The van der Waals surface area contributed by atoms with E-state index in [4.69, 9.17) is 4.74 Å². The van der Waals surface area contributed by atoms with Gasteiger partial charge in [0, 0.05) is 24.4 Å². The molecule has 0 bridgehead atoms. The number of sulfonamides is 1. The molecule has 0 heterocycles. The number of nitrogens with one attached hydrogen (secondary N) is 2. The molecule has 0 aliphatic rings. The number of carbonyl (C=O) groups excluding carboxylic acids is 2. The summed E-state index contributed by atoms with van der Waals surface area (Å²) in [6.45, 7) is 0.981. The van der Waals surface area contributed by atoms with Gasteiger partial charge in [0.15, 0.2) is 0 Å². The van der Waals surface area contributed by atoms with Crippen LogP contribution >= 0.6 is 0 Å². The van der Waals surface area contributed by atoms with Crippen molar-refractivity contribution < 1.29 is 22.7 Å². The molecule has 0 radical (unpaired) electrons. The Kier molecular flexibility index (Phi) is 6.40. The lowest BCUT2D eigenvalue weighted by Crippen LogP contribution is -2.37. The van der Waals surface area contributed by atoms with Gasteiger partial charge < -0.3 is 15.4 Å². The largest absolute Gasteiger partial charge is 0.497 e. The monoisotopic (exact) mass is 391 g/mol. The quantitative estimate of drug-likeness (QED) is 0.752. The second kappa shape index (κ2) is 8.54. The first-order valence-corrected chi connectivity index (χ1v) is 9.83. The predicted molar refractivity (Wildman–Crippen MR) is 105 cm³/mol. The summed E-state index contributed by atoms with van der Waals surface area (Å²) < 4.78 is 30.4. The summed E-state index contributed by atoms with van der Waals surface area (Å²) in [6, 6.07) is 12.9. The van der Waals surface area contributed by atoms with E-state index in [0.717, 1.165) is 10.6 Å². The molecule has 0 fully saturated rings. The predicted octanol–water partition coefficient (Wildman–Crippen LogP) is 2.06. The van der Waals surface area contributed by atoms with Crippen LogP contribution in [0.5, 0.6) is 5.75 Å². The molecule has 0 saturated heterocycles. The Labute approximate surface area is 158 Å². The summed E-state index contributed by atoms with van der Waals surface area (Å²) in [4.78, 5) is 23.4. The molecule has 0 aromatic heterocycles. The third-order valence-electron chi connectivity index (χ3n) is 3.52. The van der Waals surface area contributed by atoms with Crippen LogP contribution in [0.15, 0.2) is 48.5 Å². The lowest BCUT2D eigenvalue weighted by atomic mass is 10.2. The number of hydrogen-bond acceptors (Lipinski definition) is 5. The lowest BCUT2D eigenvalue weighted by molar-refractivity contribution is -0.115. The summed E-state index contributed by atoms with van der Waals surface area (Å²) >= 11 is 0. The molecule has 0 saturated carbocycles. The van der Waals surface area contributed by atoms with Gasteiger partial charge in [-0.2, -0.15) is 0 Å². The third kappa shape index (κ3) is 6.00. The van der Waals surface area contributed by atoms with Crippen LogP contribution in [0.3, 0.4) is 0 Å². The molecule has 2 amide bonds. The average Bonchev–Trinajstić information content (AvgIpc) is 2.59. The molecule has 2 aromatic rings. The molecular formula is C18H21N3O5S. The minimum atomic E-state index is -3.69. The fraction of sp³-hybridized carbons (Fsp3) is 0.222. The molecule has 0 aliphatic carbocycles. The highest BCUT2D eigenvalue weighted by molar-refractivity contribution is 7.92. The normalized spacial score (nSPS) is 10.8. The number of ether oxygens (including phenoxy) is 1. The van der Waals surface area contributed by atoms with Gasteiger partial charge in [-0.25, -0.2) is 8.42 Å². The van der Waals surface area contributed by atoms with Gasteiger partial charge in [0.25, 0.3) is 0 Å². The second-order valence-electron chi connectivity index (χ2n) is 5.78. The van der Waals surface area contributed by atoms with Crippen LogP contribution in [0.4, 0.5) is 17.1 Å². The van der Waals surface area contributed by atoms with Crippen LogP contribution in [-0.2, 0) is 19.6 Å². The zero-order chi connectivity index (χ0) is 20.0. The molecule has 8 nitrogen and oxygen atoms in total. The van der Waals surface area contributed by atoms with Crippen LogP contribution in [0.25, 0.3) is 0 Å². The maximum Gasteiger partial charge on any atom is 0.245 e. The van der Waals surface area contributed by atoms with Gasteiger partial charge >= 0.3 is 0 Å². The molecule has 2 aromatic carbocycles. The molecule has 0 spiro atoms. The molecule has 9 heteroatoms. The van der Waals surface area contributed by atoms with Crippen molar-refractivity contribution in [2.45, 2.75) is 6.92 Å². The summed E-state index contributed by atoms with van der Waals surface area (Å²) in [5, 5.41) is 5.24. The Bertz CT molecular complexity index is 926. The highest BCUT2D eigenvalue weighted by Gasteiger charge is 2.21. The summed E-state index contributed by atoms with van der Waals surface area (Å²) in [6.07, 6.45) is 1.02. The number of nitrogens with zero attached hydrogens (tertiary/aromatic N) is 1. The number of methoxy groups -OCH3 is 1. The van der Waals surface area contributed by atoms with Crippen LogP contribution in [-0.4, -0.2) is 40.1 Å². The lowest BCUT2D eigenvalue weighted by Gasteiger charge is -2.22. The van der Waals surface area contributed by atoms with E-state index in [0.29, 0.717) is 22.8 Å². The molecule has 27 heavy (non-hydrogen) atoms. The van der Waals surface area contributed by atoms with Gasteiger partial charge in [-0.05, 0) is 36.4 Å². The van der Waals surface area contributed by atoms with E-state index in [9.17, 15) is 18.0 Å². The summed E-state index contributed by atoms with van der Waals surface area (Å²) in [5.41, 5.74) is 1.33. The molecule has 0 atom stereocenters. The fourth-order valence-electron chi connectivity index (χ4n) is 2.35. The van der Waals surface area contributed by atoms with Crippen molar-refractivity contribution in [2.24, 2.45) is 0 Å². The highest BCUT2D eigenvalue weighted by Crippen LogP contribution is 2.21. The SMILES string of the molecule is COc1cccc(NC(=O)CN(c2ccc(NC(C)=O)cc2)S(C)(=O)=O)c1. The van der Waals surface area contributed by atoms with Gasteiger partial charge in [-0.3, -0.25) is 13.9 Å². The zero-order valence-electron chi connectivity index (χ0n) is 15.2. The molecule has 0 aliphatic heterocycles. The minimum Gasteiger partial charge on any atom is -0.497 e. The number of hydrogen-bond donors (Lipinski definition) is 2. The minimum absolute atomic E-state index is 0.236. The van der Waals surface area contributed by atoms with Crippen molar-refractivity contribution >= 4 is 38.9 Å². The van der Waals surface area contributed by atoms with E-state index in [-0.39, 0.29) is 5.91 Å². The Hall–Kier alpha value is -3.07. The van der Waals surface area contributed by atoms with Gasteiger partial charge in [-0.15, -0.1) is 0 Å². The molecule has 2 N–H and O–H groups in total. The molecule has 0 unspecified atom stereocenters. The average molecular weight is 391 g/mol. The summed E-state index contributed by atoms with van der Waals surface area (Å²) in [7, 11) is -2.18. The van der Waals surface area contributed by atoms with Crippen molar-refractivity contribution in [3.05, 3.63) is 48.5 Å². The number of carbonyl (C=O) groups is 2. The highest BCUT2D eigenvalue weighted by atomic mass is 32.2. The topological polar surface area (TPSA) is 105 Å². The first-order valence-electron chi connectivity index (χ1n) is 7.98. The second-order valence-corrected chi connectivity index (χ2v) is 7.68.